The van der Waals surface area contributed by atoms with Crippen molar-refractivity contribution in [2.75, 3.05) is 0 Å². The summed E-state index contributed by atoms with van der Waals surface area (Å²) in [5, 5.41) is 12.2. The molecule has 33 heavy (non-hydrogen) atoms. The summed E-state index contributed by atoms with van der Waals surface area (Å²) in [5.41, 5.74) is 2.64. The lowest BCUT2D eigenvalue weighted by Crippen LogP contribution is -2.51. The number of rotatable bonds is 6. The SMILES string of the molecule is O=C(O)[C@H]1C(c2ccccc2)[C@H](C(=O)OCc2cccc3ccccc23)[C@H]1c1ccccc1. The van der Waals surface area contributed by atoms with Crippen molar-refractivity contribution in [1.29, 1.82) is 0 Å². The number of carbonyl (C=O) groups excluding carboxylic acids is 1. The number of aliphatic carboxylic acids is 1. The molecule has 0 aliphatic heterocycles. The Kier molecular flexibility index (Phi) is 5.66. The summed E-state index contributed by atoms with van der Waals surface area (Å²) >= 11 is 0. The molecule has 5 rings (SSSR count). The number of esters is 1. The third-order valence-corrected chi connectivity index (χ3v) is 6.72. The van der Waals surface area contributed by atoms with Gasteiger partial charge >= 0.3 is 11.9 Å². The smallest absolute Gasteiger partial charge is 0.310 e. The van der Waals surface area contributed by atoms with Crippen molar-refractivity contribution in [3.8, 4) is 0 Å². The number of fused-ring (bicyclic) bond motifs is 1. The lowest BCUT2D eigenvalue weighted by atomic mass is 9.52. The van der Waals surface area contributed by atoms with Crippen LogP contribution in [0.15, 0.2) is 103 Å². The zero-order valence-electron chi connectivity index (χ0n) is 18.0. The Hall–Kier alpha value is -3.92. The molecule has 0 aromatic heterocycles. The number of carboxylic acid groups (broad SMARTS) is 1. The van der Waals surface area contributed by atoms with Gasteiger partial charge in [0.1, 0.15) is 6.61 Å². The first-order valence-electron chi connectivity index (χ1n) is 11.1. The second-order valence-electron chi connectivity index (χ2n) is 8.51. The topological polar surface area (TPSA) is 63.6 Å². The Morgan fingerprint density at radius 3 is 1.82 bits per heavy atom. The molecule has 1 aliphatic rings. The fourth-order valence-corrected chi connectivity index (χ4v) is 5.19. The van der Waals surface area contributed by atoms with E-state index in [4.69, 9.17) is 4.74 Å². The summed E-state index contributed by atoms with van der Waals surface area (Å²) < 4.78 is 5.84. The van der Waals surface area contributed by atoms with Crippen molar-refractivity contribution in [3.63, 3.8) is 0 Å². The van der Waals surface area contributed by atoms with E-state index in [2.05, 4.69) is 0 Å². The van der Waals surface area contributed by atoms with Gasteiger partial charge in [0.15, 0.2) is 0 Å². The van der Waals surface area contributed by atoms with Gasteiger partial charge in [0.2, 0.25) is 0 Å². The maximum absolute atomic E-state index is 13.5. The van der Waals surface area contributed by atoms with Crippen LogP contribution in [0, 0.1) is 11.8 Å². The summed E-state index contributed by atoms with van der Waals surface area (Å²) in [6.45, 7) is 0.150. The van der Waals surface area contributed by atoms with Crippen molar-refractivity contribution < 1.29 is 19.4 Å². The molecule has 0 saturated heterocycles. The lowest BCUT2D eigenvalue weighted by molar-refractivity contribution is -0.165. The number of carboxylic acids is 1. The molecule has 4 aromatic rings. The monoisotopic (exact) mass is 436 g/mol. The fraction of sp³-hybridized carbons (Fsp3) is 0.172. The zero-order valence-corrected chi connectivity index (χ0v) is 18.0. The molecule has 164 valence electrons. The Balaban J connectivity index is 1.47. The van der Waals surface area contributed by atoms with Crippen molar-refractivity contribution in [3.05, 3.63) is 120 Å². The van der Waals surface area contributed by atoms with Crippen molar-refractivity contribution in [1.82, 2.24) is 0 Å². The first-order valence-corrected chi connectivity index (χ1v) is 11.1. The second-order valence-corrected chi connectivity index (χ2v) is 8.51. The molecule has 4 atom stereocenters. The number of ether oxygens (including phenoxy) is 1. The van der Waals surface area contributed by atoms with Crippen LogP contribution in [0.4, 0.5) is 0 Å². The van der Waals surface area contributed by atoms with Gasteiger partial charge in [-0.25, -0.2) is 0 Å². The van der Waals surface area contributed by atoms with Gasteiger partial charge in [-0.15, -0.1) is 0 Å². The molecule has 4 heteroatoms. The summed E-state index contributed by atoms with van der Waals surface area (Å²) in [4.78, 5) is 25.7. The Morgan fingerprint density at radius 1 is 0.667 bits per heavy atom. The molecule has 0 radical (unpaired) electrons. The molecular weight excluding hydrogens is 412 g/mol. The van der Waals surface area contributed by atoms with Gasteiger partial charge in [0.05, 0.1) is 11.8 Å². The van der Waals surface area contributed by atoms with E-state index in [1.165, 1.54) is 0 Å². The van der Waals surface area contributed by atoms with Crippen LogP contribution >= 0.6 is 0 Å². The van der Waals surface area contributed by atoms with Crippen LogP contribution < -0.4 is 0 Å². The standard InChI is InChI=1S/C29H24O4/c30-28(31)26-24(20-11-3-1-4-12-20)27(25(26)21-13-5-2-6-14-21)29(32)33-18-22-16-9-15-19-10-7-8-17-23(19)22/h1-17,24-27H,18H2,(H,30,31)/t24-,25?,26+,27+/m0/s1. The molecule has 4 aromatic carbocycles. The molecule has 1 N–H and O–H groups in total. The molecule has 1 saturated carbocycles. The first-order chi connectivity index (χ1) is 16.1. The summed E-state index contributed by atoms with van der Waals surface area (Å²) in [6.07, 6.45) is 0. The van der Waals surface area contributed by atoms with Crippen molar-refractivity contribution >= 4 is 22.7 Å². The number of carbonyl (C=O) groups is 2. The minimum absolute atomic E-state index is 0.150. The van der Waals surface area contributed by atoms with Crippen molar-refractivity contribution in [2.45, 2.75) is 18.4 Å². The average molecular weight is 437 g/mol. The molecule has 4 nitrogen and oxygen atoms in total. The number of benzene rings is 4. The van der Waals surface area contributed by atoms with Gasteiger partial charge in [0, 0.05) is 11.8 Å². The lowest BCUT2D eigenvalue weighted by Gasteiger charge is -2.49. The van der Waals surface area contributed by atoms with E-state index in [9.17, 15) is 14.7 Å². The highest BCUT2D eigenvalue weighted by atomic mass is 16.5. The molecular formula is C29H24O4. The van der Waals surface area contributed by atoms with Gasteiger partial charge in [0.25, 0.3) is 0 Å². The van der Waals surface area contributed by atoms with Crippen LogP contribution in [0.5, 0.6) is 0 Å². The molecule has 0 bridgehead atoms. The zero-order chi connectivity index (χ0) is 22.8. The van der Waals surface area contributed by atoms with E-state index in [-0.39, 0.29) is 12.6 Å². The Morgan fingerprint density at radius 2 is 1.21 bits per heavy atom. The quantitative estimate of drug-likeness (QED) is 0.389. The maximum atomic E-state index is 13.5. The predicted octanol–water partition coefficient (Wildman–Crippen LogP) is 5.78. The van der Waals surface area contributed by atoms with E-state index in [1.54, 1.807) is 0 Å². The third-order valence-electron chi connectivity index (χ3n) is 6.72. The van der Waals surface area contributed by atoms with Gasteiger partial charge < -0.3 is 9.84 Å². The highest BCUT2D eigenvalue weighted by Crippen LogP contribution is 2.58. The van der Waals surface area contributed by atoms with E-state index < -0.39 is 29.6 Å². The van der Waals surface area contributed by atoms with Gasteiger partial charge in [-0.05, 0) is 27.5 Å². The average Bonchev–Trinajstić information content (AvgIpc) is 2.83. The summed E-state index contributed by atoms with van der Waals surface area (Å²) in [5.74, 6) is -3.38. The van der Waals surface area contributed by atoms with Crippen LogP contribution in [-0.4, -0.2) is 17.0 Å². The second kappa shape index (κ2) is 8.91. The summed E-state index contributed by atoms with van der Waals surface area (Å²) in [7, 11) is 0. The van der Waals surface area contributed by atoms with E-state index in [0.717, 1.165) is 27.5 Å². The van der Waals surface area contributed by atoms with E-state index in [1.807, 2.05) is 103 Å². The van der Waals surface area contributed by atoms with Crippen LogP contribution in [0.1, 0.15) is 28.5 Å². The minimum atomic E-state index is -0.893. The molecule has 1 unspecified atom stereocenters. The largest absolute Gasteiger partial charge is 0.481 e. The predicted molar refractivity (Wildman–Crippen MR) is 127 cm³/mol. The normalized spacial score (nSPS) is 21.8. The van der Waals surface area contributed by atoms with Crippen LogP contribution in [0.3, 0.4) is 0 Å². The fourth-order valence-electron chi connectivity index (χ4n) is 5.19. The van der Waals surface area contributed by atoms with Crippen LogP contribution in [0.2, 0.25) is 0 Å². The molecule has 1 fully saturated rings. The Bertz CT molecular complexity index is 1230. The summed E-state index contributed by atoms with van der Waals surface area (Å²) in [6, 6.07) is 32.8. The Labute approximate surface area is 192 Å². The first kappa shape index (κ1) is 21.0. The van der Waals surface area contributed by atoms with E-state index in [0.29, 0.717) is 0 Å². The van der Waals surface area contributed by atoms with Crippen molar-refractivity contribution in [2.24, 2.45) is 11.8 Å². The van der Waals surface area contributed by atoms with Gasteiger partial charge in [-0.3, -0.25) is 9.59 Å². The number of hydrogen-bond acceptors (Lipinski definition) is 3. The van der Waals surface area contributed by atoms with E-state index >= 15 is 0 Å². The molecule has 0 heterocycles. The van der Waals surface area contributed by atoms with Gasteiger partial charge in [-0.2, -0.15) is 0 Å². The number of hydrogen-bond donors (Lipinski definition) is 1. The van der Waals surface area contributed by atoms with Crippen LogP contribution in [-0.2, 0) is 20.9 Å². The maximum Gasteiger partial charge on any atom is 0.310 e. The minimum Gasteiger partial charge on any atom is -0.481 e. The third kappa shape index (κ3) is 3.89. The molecule has 1 aliphatic carbocycles. The highest BCUT2D eigenvalue weighted by molar-refractivity contribution is 5.87. The van der Waals surface area contributed by atoms with Gasteiger partial charge in [-0.1, -0.05) is 103 Å². The van der Waals surface area contributed by atoms with Crippen LogP contribution in [0.25, 0.3) is 10.8 Å². The molecule has 0 amide bonds. The molecule has 0 spiro atoms. The highest BCUT2D eigenvalue weighted by Gasteiger charge is 2.59.